The maximum absolute atomic E-state index is 13.0. The highest BCUT2D eigenvalue weighted by Crippen LogP contribution is 2.46. The van der Waals surface area contributed by atoms with Crippen LogP contribution in [0.3, 0.4) is 0 Å². The molecule has 0 bridgehead atoms. The summed E-state index contributed by atoms with van der Waals surface area (Å²) in [6, 6.07) is 6.75. The van der Waals surface area contributed by atoms with Gasteiger partial charge in [-0.15, -0.1) is 0 Å². The van der Waals surface area contributed by atoms with Crippen LogP contribution in [0.5, 0.6) is 5.75 Å². The molecule has 0 radical (unpaired) electrons. The smallest absolute Gasteiger partial charge is 0.408 e. The Balaban J connectivity index is 1.67. The number of amides is 1. The largest absolute Gasteiger partial charge is 0.494 e. The average Bonchev–Trinajstić information content (AvgIpc) is 3.53. The summed E-state index contributed by atoms with van der Waals surface area (Å²) in [6.07, 6.45) is 4.21. The molecule has 1 aromatic rings. The number of carbonyl (C=O) groups excluding carboxylic acids is 2. The highest BCUT2D eigenvalue weighted by atomic mass is 16.6. The summed E-state index contributed by atoms with van der Waals surface area (Å²) >= 11 is 0. The first-order valence-corrected chi connectivity index (χ1v) is 10.7. The average molecular weight is 404 g/mol. The van der Waals surface area contributed by atoms with Crippen LogP contribution in [-0.4, -0.2) is 36.4 Å². The van der Waals surface area contributed by atoms with Gasteiger partial charge in [-0.25, -0.2) is 9.59 Å². The van der Waals surface area contributed by atoms with Crippen LogP contribution in [0.25, 0.3) is 0 Å². The summed E-state index contributed by atoms with van der Waals surface area (Å²) in [6.45, 7) is 7.91. The maximum Gasteiger partial charge on any atom is 0.408 e. The zero-order valence-electron chi connectivity index (χ0n) is 17.9. The van der Waals surface area contributed by atoms with Crippen molar-refractivity contribution < 1.29 is 23.8 Å². The Bertz CT molecular complexity index is 689. The fourth-order valence-electron chi connectivity index (χ4n) is 3.41. The molecule has 0 saturated heterocycles. The van der Waals surface area contributed by atoms with Crippen LogP contribution >= 0.6 is 0 Å². The van der Waals surface area contributed by atoms with Crippen LogP contribution in [-0.2, 0) is 20.7 Å². The summed E-state index contributed by atoms with van der Waals surface area (Å²) in [7, 11) is 0. The lowest BCUT2D eigenvalue weighted by Crippen LogP contribution is -2.46. The minimum absolute atomic E-state index is 0.00855. The molecule has 0 heterocycles. The van der Waals surface area contributed by atoms with Gasteiger partial charge in [0.25, 0.3) is 0 Å². The Morgan fingerprint density at radius 3 is 2.14 bits per heavy atom. The highest BCUT2D eigenvalue weighted by molar-refractivity contribution is 5.82. The van der Waals surface area contributed by atoms with Gasteiger partial charge in [-0.05, 0) is 82.9 Å². The summed E-state index contributed by atoms with van der Waals surface area (Å²) in [4.78, 5) is 25.3. The van der Waals surface area contributed by atoms with Gasteiger partial charge in [-0.2, -0.15) is 0 Å². The molecular weight excluding hydrogens is 370 g/mol. The number of benzene rings is 1. The number of hydrogen-bond acceptors (Lipinski definition) is 5. The van der Waals surface area contributed by atoms with E-state index in [0.29, 0.717) is 24.9 Å². The van der Waals surface area contributed by atoms with Crippen LogP contribution in [0.15, 0.2) is 24.3 Å². The van der Waals surface area contributed by atoms with Crippen LogP contribution in [0, 0.1) is 11.8 Å². The molecule has 6 nitrogen and oxygen atoms in total. The Morgan fingerprint density at radius 1 is 1.07 bits per heavy atom. The van der Waals surface area contributed by atoms with Crippen LogP contribution in [0.1, 0.15) is 58.9 Å². The van der Waals surface area contributed by atoms with Crippen LogP contribution in [0.4, 0.5) is 4.79 Å². The molecule has 2 aliphatic carbocycles. The summed E-state index contributed by atoms with van der Waals surface area (Å²) < 4.78 is 16.7. The van der Waals surface area contributed by atoms with E-state index in [4.69, 9.17) is 14.2 Å². The first kappa shape index (κ1) is 21.5. The Kier molecular flexibility index (Phi) is 6.70. The summed E-state index contributed by atoms with van der Waals surface area (Å²) in [5, 5.41) is 2.72. The number of esters is 1. The summed E-state index contributed by atoms with van der Waals surface area (Å²) in [5.41, 5.74) is 0.281. The molecule has 2 aliphatic rings. The number of rotatable bonds is 9. The Labute approximate surface area is 173 Å². The Hall–Kier alpha value is -2.24. The van der Waals surface area contributed by atoms with Gasteiger partial charge in [0, 0.05) is 6.42 Å². The molecule has 6 heteroatoms. The van der Waals surface area contributed by atoms with Gasteiger partial charge in [-0.3, -0.25) is 0 Å². The van der Waals surface area contributed by atoms with Gasteiger partial charge < -0.3 is 19.5 Å². The molecule has 0 spiro atoms. The van der Waals surface area contributed by atoms with Crippen molar-refractivity contribution in [2.45, 2.75) is 77.5 Å². The third-order valence-corrected chi connectivity index (χ3v) is 5.08. The van der Waals surface area contributed by atoms with Gasteiger partial charge in [-0.1, -0.05) is 12.1 Å². The van der Waals surface area contributed by atoms with Gasteiger partial charge in [0.15, 0.2) is 0 Å². The molecule has 0 aliphatic heterocycles. The van der Waals surface area contributed by atoms with E-state index in [1.807, 2.05) is 31.2 Å². The number of nitrogens with one attached hydrogen (secondary N) is 1. The van der Waals surface area contributed by atoms with Crippen molar-refractivity contribution in [3.63, 3.8) is 0 Å². The second kappa shape index (κ2) is 9.06. The standard InChI is InChI=1S/C23H33NO5/c1-5-27-18-12-6-15(7-13-18)14-19(24-22(26)29-23(2,3)4)21(25)28-20(16-8-9-16)17-10-11-17/h6-7,12-13,16-17,19-20H,5,8-11,14H2,1-4H3,(H,24,26)/t19-/m0/s1. The lowest BCUT2D eigenvalue weighted by Gasteiger charge is -2.25. The van der Waals surface area contributed by atoms with Crippen molar-refractivity contribution in [3.8, 4) is 5.75 Å². The molecule has 160 valence electrons. The van der Waals surface area contributed by atoms with Crippen molar-refractivity contribution in [2.75, 3.05) is 6.61 Å². The summed E-state index contributed by atoms with van der Waals surface area (Å²) in [5.74, 6) is 1.37. The van der Waals surface area contributed by atoms with Gasteiger partial charge in [0.1, 0.15) is 23.5 Å². The zero-order valence-corrected chi connectivity index (χ0v) is 17.9. The van der Waals surface area contributed by atoms with Crippen molar-refractivity contribution in [1.82, 2.24) is 5.32 Å². The molecule has 1 amide bonds. The van der Waals surface area contributed by atoms with Crippen molar-refractivity contribution in [3.05, 3.63) is 29.8 Å². The molecule has 2 fully saturated rings. The monoisotopic (exact) mass is 403 g/mol. The van der Waals surface area contributed by atoms with Crippen LogP contribution < -0.4 is 10.1 Å². The fourth-order valence-corrected chi connectivity index (χ4v) is 3.41. The molecule has 2 saturated carbocycles. The van der Waals surface area contributed by atoms with Crippen molar-refractivity contribution in [2.24, 2.45) is 11.8 Å². The predicted octanol–water partition coefficient (Wildman–Crippen LogP) is 4.25. The van der Waals surface area contributed by atoms with Crippen molar-refractivity contribution >= 4 is 12.1 Å². The topological polar surface area (TPSA) is 73.9 Å². The van der Waals surface area contributed by atoms with E-state index in [2.05, 4.69) is 5.32 Å². The molecule has 29 heavy (non-hydrogen) atoms. The minimum Gasteiger partial charge on any atom is -0.494 e. The second-order valence-electron chi connectivity index (χ2n) is 9.06. The van der Waals surface area contributed by atoms with E-state index in [0.717, 1.165) is 37.0 Å². The van der Waals surface area contributed by atoms with Gasteiger partial charge >= 0.3 is 12.1 Å². The third kappa shape index (κ3) is 6.94. The van der Waals surface area contributed by atoms with E-state index in [9.17, 15) is 9.59 Å². The lowest BCUT2D eigenvalue weighted by atomic mass is 10.1. The van der Waals surface area contributed by atoms with E-state index in [1.54, 1.807) is 20.8 Å². The molecular formula is C23H33NO5. The molecule has 1 atom stereocenters. The molecule has 3 rings (SSSR count). The van der Waals surface area contributed by atoms with Crippen molar-refractivity contribution in [1.29, 1.82) is 0 Å². The van der Waals surface area contributed by atoms with E-state index in [-0.39, 0.29) is 12.1 Å². The number of ether oxygens (including phenoxy) is 3. The molecule has 0 unspecified atom stereocenters. The number of carbonyl (C=O) groups is 2. The Morgan fingerprint density at radius 2 is 1.66 bits per heavy atom. The number of hydrogen-bond donors (Lipinski definition) is 1. The highest BCUT2D eigenvalue weighted by Gasteiger charge is 2.45. The number of alkyl carbamates (subject to hydrolysis) is 1. The zero-order chi connectivity index (χ0) is 21.0. The van der Waals surface area contributed by atoms with E-state index in [1.165, 1.54) is 0 Å². The molecule has 0 aromatic heterocycles. The normalized spacial score (nSPS) is 17.6. The van der Waals surface area contributed by atoms with Crippen LogP contribution in [0.2, 0.25) is 0 Å². The quantitative estimate of drug-likeness (QED) is 0.624. The fraction of sp³-hybridized carbons (Fsp3) is 0.652. The van der Waals surface area contributed by atoms with E-state index < -0.39 is 17.7 Å². The van der Waals surface area contributed by atoms with Gasteiger partial charge in [0.2, 0.25) is 0 Å². The lowest BCUT2D eigenvalue weighted by molar-refractivity contribution is -0.154. The third-order valence-electron chi connectivity index (χ3n) is 5.08. The van der Waals surface area contributed by atoms with E-state index >= 15 is 0 Å². The first-order chi connectivity index (χ1) is 13.7. The SMILES string of the molecule is CCOc1ccc(C[C@H](NC(=O)OC(C)(C)C)C(=O)OC(C2CC2)C2CC2)cc1. The molecule has 1 aromatic carbocycles. The maximum atomic E-state index is 13.0. The minimum atomic E-state index is -0.789. The van der Waals surface area contributed by atoms with Gasteiger partial charge in [0.05, 0.1) is 6.61 Å². The molecule has 1 N–H and O–H groups in total. The predicted molar refractivity (Wildman–Crippen MR) is 110 cm³/mol. The first-order valence-electron chi connectivity index (χ1n) is 10.7. The second-order valence-corrected chi connectivity index (χ2v) is 9.06.